The molecule has 0 spiro atoms. The van der Waals surface area contributed by atoms with Crippen LogP contribution in [-0.2, 0) is 0 Å². The lowest BCUT2D eigenvalue weighted by atomic mass is 10.1. The summed E-state index contributed by atoms with van der Waals surface area (Å²) >= 11 is 1.53. The van der Waals surface area contributed by atoms with Gasteiger partial charge in [-0.1, -0.05) is 23.9 Å². The number of aliphatic hydroxyl groups excluding tert-OH is 1. The van der Waals surface area contributed by atoms with Crippen LogP contribution in [-0.4, -0.2) is 25.6 Å². The number of rotatable bonds is 6. The molecule has 116 valence electrons. The van der Waals surface area contributed by atoms with Crippen molar-refractivity contribution in [3.63, 3.8) is 0 Å². The van der Waals surface area contributed by atoms with Gasteiger partial charge in [-0.2, -0.15) is 0 Å². The van der Waals surface area contributed by atoms with E-state index >= 15 is 0 Å². The number of aromatic nitrogens is 3. The summed E-state index contributed by atoms with van der Waals surface area (Å²) < 4.78 is 15.2. The second-order valence-corrected chi connectivity index (χ2v) is 7.08. The summed E-state index contributed by atoms with van der Waals surface area (Å²) in [5.74, 6) is 1.93. The zero-order valence-electron chi connectivity index (χ0n) is 12.2. The smallest absolute Gasteiger partial charge is 0.191 e. The molecule has 2 aliphatic carbocycles. The first-order chi connectivity index (χ1) is 10.7. The maximum Gasteiger partial charge on any atom is 0.191 e. The summed E-state index contributed by atoms with van der Waals surface area (Å²) in [5, 5.41) is 19.8. The molecule has 2 saturated carbocycles. The Labute approximate surface area is 132 Å². The van der Waals surface area contributed by atoms with Gasteiger partial charge in [-0.15, -0.1) is 10.2 Å². The summed E-state index contributed by atoms with van der Waals surface area (Å²) in [5.41, 5.74) is 0.730. The molecule has 4 rings (SSSR count). The lowest BCUT2D eigenvalue weighted by Gasteiger charge is -2.12. The second-order valence-electron chi connectivity index (χ2n) is 6.09. The Bertz CT molecular complexity index is 665. The maximum atomic E-state index is 12.9. The summed E-state index contributed by atoms with van der Waals surface area (Å²) in [6.45, 7) is 0. The molecule has 1 N–H and O–H groups in total. The maximum absolute atomic E-state index is 12.9. The third-order valence-corrected chi connectivity index (χ3v) is 5.19. The van der Waals surface area contributed by atoms with E-state index in [1.54, 1.807) is 12.1 Å². The van der Waals surface area contributed by atoms with Crippen LogP contribution in [0.25, 0.3) is 0 Å². The van der Waals surface area contributed by atoms with Gasteiger partial charge in [-0.25, -0.2) is 4.39 Å². The minimum Gasteiger partial charge on any atom is -0.388 e. The number of hydrogen-bond acceptors (Lipinski definition) is 4. The van der Waals surface area contributed by atoms with E-state index in [4.69, 9.17) is 0 Å². The predicted molar refractivity (Wildman–Crippen MR) is 82.4 cm³/mol. The molecule has 6 heteroatoms. The quantitative estimate of drug-likeness (QED) is 0.829. The van der Waals surface area contributed by atoms with Crippen molar-refractivity contribution < 1.29 is 9.50 Å². The molecule has 0 radical (unpaired) electrons. The molecule has 22 heavy (non-hydrogen) atoms. The molecule has 2 aromatic rings. The summed E-state index contributed by atoms with van der Waals surface area (Å²) in [4.78, 5) is 0. The van der Waals surface area contributed by atoms with Crippen LogP contribution in [0.2, 0.25) is 0 Å². The topological polar surface area (TPSA) is 50.9 Å². The molecule has 1 aromatic heterocycles. The lowest BCUT2D eigenvalue weighted by Crippen LogP contribution is -2.05. The molecule has 1 atom stereocenters. The number of thioether (sulfide) groups is 1. The lowest BCUT2D eigenvalue weighted by molar-refractivity contribution is 0.204. The van der Waals surface area contributed by atoms with E-state index in [2.05, 4.69) is 14.8 Å². The minimum atomic E-state index is -0.626. The van der Waals surface area contributed by atoms with Crippen molar-refractivity contribution >= 4 is 11.8 Å². The molecule has 0 aliphatic heterocycles. The van der Waals surface area contributed by atoms with Crippen LogP contribution < -0.4 is 0 Å². The predicted octanol–water partition coefficient (Wildman–Crippen LogP) is 3.46. The van der Waals surface area contributed by atoms with Crippen LogP contribution in [0.3, 0.4) is 0 Å². The number of hydrogen-bond donors (Lipinski definition) is 1. The summed E-state index contributed by atoms with van der Waals surface area (Å²) in [6.07, 6.45) is 4.21. The molecule has 1 heterocycles. The molecule has 0 saturated heterocycles. The SMILES string of the molecule is O[C@@H](CSc1nnc(C2CC2)n1C1CC1)c1ccc(F)cc1. The summed E-state index contributed by atoms with van der Waals surface area (Å²) in [7, 11) is 0. The molecule has 4 nitrogen and oxygen atoms in total. The molecule has 0 amide bonds. The molecule has 2 aliphatic rings. The fourth-order valence-corrected chi connectivity index (χ4v) is 3.60. The number of benzene rings is 1. The number of halogens is 1. The average Bonchev–Trinajstić information content (AvgIpc) is 3.44. The first-order valence-corrected chi connectivity index (χ1v) is 8.72. The molecule has 2 fully saturated rings. The third kappa shape index (κ3) is 2.90. The Hall–Kier alpha value is -1.40. The molecular formula is C16H18FN3OS. The fourth-order valence-electron chi connectivity index (χ4n) is 2.62. The van der Waals surface area contributed by atoms with Crippen LogP contribution in [0.4, 0.5) is 4.39 Å². The first-order valence-electron chi connectivity index (χ1n) is 7.73. The van der Waals surface area contributed by atoms with Crippen molar-refractivity contribution in [3.8, 4) is 0 Å². The van der Waals surface area contributed by atoms with Crippen LogP contribution in [0.5, 0.6) is 0 Å². The van der Waals surface area contributed by atoms with Gasteiger partial charge in [0.1, 0.15) is 11.6 Å². The third-order valence-electron chi connectivity index (χ3n) is 4.17. The molecule has 0 bridgehead atoms. The largest absolute Gasteiger partial charge is 0.388 e. The minimum absolute atomic E-state index is 0.286. The van der Waals surface area contributed by atoms with Crippen LogP contribution in [0.1, 0.15) is 55.1 Å². The van der Waals surface area contributed by atoms with Gasteiger partial charge in [-0.3, -0.25) is 0 Å². The Morgan fingerprint density at radius 3 is 2.55 bits per heavy atom. The van der Waals surface area contributed by atoms with Crippen LogP contribution >= 0.6 is 11.8 Å². The highest BCUT2D eigenvalue weighted by Gasteiger charge is 2.36. The highest BCUT2D eigenvalue weighted by molar-refractivity contribution is 7.99. The van der Waals surface area contributed by atoms with E-state index in [1.165, 1.54) is 49.6 Å². The van der Waals surface area contributed by atoms with Crippen LogP contribution in [0.15, 0.2) is 29.4 Å². The van der Waals surface area contributed by atoms with Gasteiger partial charge >= 0.3 is 0 Å². The van der Waals surface area contributed by atoms with E-state index in [0.717, 1.165) is 16.5 Å². The van der Waals surface area contributed by atoms with E-state index in [9.17, 15) is 9.50 Å². The van der Waals surface area contributed by atoms with Crippen molar-refractivity contribution in [2.24, 2.45) is 0 Å². The number of aliphatic hydroxyl groups is 1. The Kier molecular flexibility index (Phi) is 3.66. The fraction of sp³-hybridized carbons (Fsp3) is 0.500. The highest BCUT2D eigenvalue weighted by atomic mass is 32.2. The average molecular weight is 319 g/mol. The van der Waals surface area contributed by atoms with E-state index in [-0.39, 0.29) is 5.82 Å². The van der Waals surface area contributed by atoms with E-state index < -0.39 is 6.10 Å². The van der Waals surface area contributed by atoms with Crippen molar-refractivity contribution in [1.29, 1.82) is 0 Å². The standard InChI is InChI=1S/C16H18FN3OS/c17-12-5-3-10(4-6-12)14(21)9-22-16-19-18-15(11-1-2-11)20(16)13-7-8-13/h3-6,11,13-14,21H,1-2,7-9H2/t14-/m0/s1. The number of nitrogens with zero attached hydrogens (tertiary/aromatic N) is 3. The van der Waals surface area contributed by atoms with Gasteiger partial charge in [-0.05, 0) is 43.4 Å². The summed E-state index contributed by atoms with van der Waals surface area (Å²) in [6, 6.07) is 6.56. The Morgan fingerprint density at radius 2 is 1.91 bits per heavy atom. The monoisotopic (exact) mass is 319 g/mol. The van der Waals surface area contributed by atoms with Gasteiger partial charge in [0, 0.05) is 17.7 Å². The normalized spacial score (nSPS) is 19.4. The first kappa shape index (κ1) is 14.2. The van der Waals surface area contributed by atoms with Gasteiger partial charge in [0.2, 0.25) is 0 Å². The molecule has 1 aromatic carbocycles. The van der Waals surface area contributed by atoms with Gasteiger partial charge in [0.15, 0.2) is 5.16 Å². The van der Waals surface area contributed by atoms with Crippen molar-refractivity contribution in [3.05, 3.63) is 41.5 Å². The van der Waals surface area contributed by atoms with Crippen molar-refractivity contribution in [2.75, 3.05) is 5.75 Å². The van der Waals surface area contributed by atoms with Crippen molar-refractivity contribution in [1.82, 2.24) is 14.8 Å². The highest BCUT2D eigenvalue weighted by Crippen LogP contribution is 2.46. The second kappa shape index (κ2) is 5.66. The van der Waals surface area contributed by atoms with Gasteiger partial charge < -0.3 is 9.67 Å². The van der Waals surface area contributed by atoms with Crippen molar-refractivity contribution in [2.45, 2.75) is 48.9 Å². The Morgan fingerprint density at radius 1 is 1.18 bits per heavy atom. The van der Waals surface area contributed by atoms with Gasteiger partial charge in [0.05, 0.1) is 6.10 Å². The van der Waals surface area contributed by atoms with E-state index in [0.29, 0.717) is 17.7 Å². The van der Waals surface area contributed by atoms with Crippen LogP contribution in [0, 0.1) is 5.82 Å². The zero-order valence-corrected chi connectivity index (χ0v) is 13.0. The van der Waals surface area contributed by atoms with Gasteiger partial charge in [0.25, 0.3) is 0 Å². The molecular weight excluding hydrogens is 301 g/mol. The Balaban J connectivity index is 1.46. The van der Waals surface area contributed by atoms with E-state index in [1.807, 2.05) is 0 Å². The molecule has 0 unspecified atom stereocenters. The zero-order chi connectivity index (χ0) is 15.1.